The van der Waals surface area contributed by atoms with Gasteiger partial charge in [-0.1, -0.05) is 147 Å². The lowest BCUT2D eigenvalue weighted by atomic mass is 9.99. The number of fused-ring (bicyclic) bond motifs is 1. The number of nitrogens with two attached hydrogens (primary N) is 2. The Kier molecular flexibility index (Phi) is 34.4. The minimum atomic E-state index is -1.89. The molecule has 1 heterocycles. The Balaban J connectivity index is 1.35. The van der Waals surface area contributed by atoms with E-state index in [1.54, 1.807) is 128 Å². The monoisotopic (exact) mass is 1490 g/mol. The molecule has 10 amide bonds. The molecular weight excluding hydrogens is 1390 g/mol. The predicted molar refractivity (Wildman–Crippen MR) is 401 cm³/mol. The zero-order chi connectivity index (χ0) is 76.7. The van der Waals surface area contributed by atoms with Gasteiger partial charge in [0, 0.05) is 73.3 Å². The highest BCUT2D eigenvalue weighted by molar-refractivity contribution is 7.80. The van der Waals surface area contributed by atoms with Crippen LogP contribution in [0.1, 0.15) is 80.3 Å². The Morgan fingerprint density at radius 2 is 0.781 bits per heavy atom. The quantitative estimate of drug-likeness (QED) is 0.0164. The molecular formula is C74H98N14O15S2. The molecule has 0 unspecified atom stereocenters. The summed E-state index contributed by atoms with van der Waals surface area (Å²) in [7, 11) is 0. The molecule has 0 saturated heterocycles. The molecule has 0 aliphatic heterocycles. The van der Waals surface area contributed by atoms with Crippen LogP contribution in [0.3, 0.4) is 0 Å². The van der Waals surface area contributed by atoms with Crippen LogP contribution in [0.15, 0.2) is 146 Å². The topological polar surface area (TPSA) is 469 Å². The average molecular weight is 1490 g/mol. The molecule has 0 fully saturated rings. The first-order chi connectivity index (χ1) is 50.2. The van der Waals surface area contributed by atoms with Crippen LogP contribution in [0.5, 0.6) is 0 Å². The maximum atomic E-state index is 15.5. The molecule has 13 atom stereocenters. The highest BCUT2D eigenvalue weighted by atomic mass is 32.1. The summed E-state index contributed by atoms with van der Waals surface area (Å²) in [5, 5.41) is 71.6. The molecule has 0 saturated carbocycles. The zero-order valence-corrected chi connectivity index (χ0v) is 60.7. The highest BCUT2D eigenvalue weighted by Gasteiger charge is 2.39. The van der Waals surface area contributed by atoms with Crippen LogP contribution < -0.4 is 70.0 Å². The standard InChI is InChI=1S/C74H98N14O15S2/c1-42(2)77-37-49-29-27-48(28-30-49)35-57(69(97)87-62(43(3)90)72(100)84-58(34-47-22-12-7-13-23-47)70(98)88-63(44(4)91)73(101)85-60(39-89)71(99)86-61(41-105)74(102)103)82-68(96)59(36-50-38-78-53-25-15-14-24-51(50)53)83-67(95)56(33-46-20-10-6-11-21-46)81-66(94)55(32-45-18-8-5-9-19-45)80-65(93)54(26-16-17-31-75)79-64(92)52(76)40-104/h5-15,18-25,27-30,38,42-44,52,54-63,77-78,89-91,104-105H,16-17,26,31-37,39-41,75-76H2,1-4H3,(H,79,92)(H,80,93)(H,81,94)(H,82,96)(H,83,95)(H,84,100)(H,85,101)(H,86,99)(H,87,97)(H,88,98)(H,102,103)/t43-,44-,52+,54+,55+,56+,57+,58+,59-,60+,61+,62+,63+/m1/s1. The first-order valence-electron chi connectivity index (χ1n) is 34.6. The van der Waals surface area contributed by atoms with Gasteiger partial charge in [0.25, 0.3) is 0 Å². The molecule has 0 bridgehead atoms. The number of nitrogens with one attached hydrogen (secondary N) is 12. The number of carboxylic acids is 1. The fourth-order valence-electron chi connectivity index (χ4n) is 11.2. The largest absolute Gasteiger partial charge is 0.480 e. The molecule has 0 aliphatic rings. The lowest BCUT2D eigenvalue weighted by Crippen LogP contribution is -2.63. The van der Waals surface area contributed by atoms with Gasteiger partial charge >= 0.3 is 5.97 Å². The van der Waals surface area contributed by atoms with Gasteiger partial charge in [-0.25, -0.2) is 4.79 Å². The van der Waals surface area contributed by atoms with Crippen molar-refractivity contribution in [3.8, 4) is 0 Å². The number of carboxylic acid groups (broad SMARTS) is 1. The normalized spacial score (nSPS) is 15.0. The maximum Gasteiger partial charge on any atom is 0.327 e. The van der Waals surface area contributed by atoms with Crippen LogP contribution in [0.25, 0.3) is 10.9 Å². The second kappa shape index (κ2) is 42.9. The molecule has 0 radical (unpaired) electrons. The third-order valence-electron chi connectivity index (χ3n) is 17.1. The maximum absolute atomic E-state index is 15.5. The molecule has 29 nitrogen and oxygen atoms in total. The number of hydrogen-bond donors (Lipinski definition) is 20. The summed E-state index contributed by atoms with van der Waals surface area (Å²) >= 11 is 8.06. The fraction of sp³-hybridized carbons (Fsp3) is 0.419. The van der Waals surface area contributed by atoms with Crippen molar-refractivity contribution >= 4 is 101 Å². The number of aliphatic hydroxyl groups is 3. The summed E-state index contributed by atoms with van der Waals surface area (Å²) < 4.78 is 0. The van der Waals surface area contributed by atoms with Crippen molar-refractivity contribution in [3.63, 3.8) is 0 Å². The van der Waals surface area contributed by atoms with Gasteiger partial charge in [0.15, 0.2) is 0 Å². The first-order valence-corrected chi connectivity index (χ1v) is 35.9. The van der Waals surface area contributed by atoms with E-state index in [-0.39, 0.29) is 56.1 Å². The Morgan fingerprint density at radius 3 is 1.19 bits per heavy atom. The minimum Gasteiger partial charge on any atom is -0.480 e. The number of rotatable bonds is 43. The van der Waals surface area contributed by atoms with E-state index in [4.69, 9.17) is 11.5 Å². The number of amides is 10. The van der Waals surface area contributed by atoms with Crippen LogP contribution in [0.4, 0.5) is 0 Å². The van der Waals surface area contributed by atoms with Gasteiger partial charge in [-0.15, -0.1) is 0 Å². The molecule has 566 valence electrons. The van der Waals surface area contributed by atoms with Crippen molar-refractivity contribution in [2.45, 2.75) is 170 Å². The number of para-hydroxylation sites is 1. The SMILES string of the molecule is CC(C)NCc1ccc(C[C@H](NC(=O)[C@@H](Cc2c[nH]c3ccccc23)NC(=O)[C@H](Cc2ccccc2)NC(=O)[C@H](Cc2ccccc2)NC(=O)[C@H](CCCCN)NC(=O)[C@@H](N)CS)C(=O)N[C@H](C(=O)N[C@@H](Cc2ccccc2)C(=O)N[C@H](C(=O)N[C@@H](CO)C(=O)N[C@@H](CS)C(=O)O)[C@@H](C)O)[C@@H](C)O)cc1. The smallest absolute Gasteiger partial charge is 0.327 e. The Morgan fingerprint density at radius 1 is 0.419 bits per heavy atom. The van der Waals surface area contributed by atoms with Gasteiger partial charge in [0.2, 0.25) is 59.1 Å². The molecule has 0 aliphatic carbocycles. The third kappa shape index (κ3) is 27.0. The molecule has 105 heavy (non-hydrogen) atoms. The number of aromatic amines is 1. The predicted octanol–water partition coefficient (Wildman–Crippen LogP) is -0.818. The van der Waals surface area contributed by atoms with E-state index in [0.717, 1.165) is 12.5 Å². The molecule has 6 aromatic rings. The molecule has 31 heteroatoms. The number of benzene rings is 5. The number of unbranched alkanes of at least 4 members (excludes halogenated alkanes) is 1. The van der Waals surface area contributed by atoms with Crippen LogP contribution in [0, 0.1) is 0 Å². The molecule has 1 aromatic heterocycles. The van der Waals surface area contributed by atoms with Gasteiger partial charge in [-0.2, -0.15) is 25.3 Å². The van der Waals surface area contributed by atoms with E-state index >= 15 is 19.2 Å². The van der Waals surface area contributed by atoms with Crippen LogP contribution in [0.2, 0.25) is 0 Å². The number of H-pyrrole nitrogens is 1. The highest BCUT2D eigenvalue weighted by Crippen LogP contribution is 2.21. The summed E-state index contributed by atoms with van der Waals surface area (Å²) in [5.74, 6) is -11.4. The number of carbonyl (C=O) groups is 11. The second-order valence-electron chi connectivity index (χ2n) is 25.9. The zero-order valence-electron chi connectivity index (χ0n) is 59.0. The van der Waals surface area contributed by atoms with E-state index in [1.165, 1.54) is 6.92 Å². The number of aromatic nitrogens is 1. The van der Waals surface area contributed by atoms with Gasteiger partial charge in [0.1, 0.15) is 60.4 Å². The summed E-state index contributed by atoms with van der Waals surface area (Å²) in [4.78, 5) is 159. The van der Waals surface area contributed by atoms with Crippen molar-refractivity contribution in [2.75, 3.05) is 24.7 Å². The van der Waals surface area contributed by atoms with E-state index in [2.05, 4.69) is 88.7 Å². The van der Waals surface area contributed by atoms with Crippen molar-refractivity contribution < 1.29 is 73.2 Å². The number of aliphatic carboxylic acids is 1. The fourth-order valence-corrected chi connectivity index (χ4v) is 11.6. The van der Waals surface area contributed by atoms with E-state index < -0.39 is 150 Å². The molecule has 5 aromatic carbocycles. The van der Waals surface area contributed by atoms with Gasteiger partial charge in [-0.05, 0) is 79.1 Å². The van der Waals surface area contributed by atoms with Gasteiger partial charge < -0.3 is 95.4 Å². The summed E-state index contributed by atoms with van der Waals surface area (Å²) in [5.41, 5.74) is 16.1. The van der Waals surface area contributed by atoms with Crippen molar-refractivity contribution in [1.82, 2.24) is 63.5 Å². The summed E-state index contributed by atoms with van der Waals surface area (Å²) in [6.07, 6.45) is -1.66. The average Bonchev–Trinajstić information content (AvgIpc) is 1.70. The number of thiol groups is 2. The lowest BCUT2D eigenvalue weighted by molar-refractivity contribution is -0.142. The number of carbonyl (C=O) groups excluding carboxylic acids is 10. The molecule has 6 rings (SSSR count). The molecule has 0 spiro atoms. The van der Waals surface area contributed by atoms with E-state index in [0.29, 0.717) is 64.7 Å². The summed E-state index contributed by atoms with van der Waals surface area (Å²) in [6.45, 7) is 6.04. The van der Waals surface area contributed by atoms with Crippen molar-refractivity contribution in [2.24, 2.45) is 11.5 Å². The Bertz CT molecular complexity index is 3840. The van der Waals surface area contributed by atoms with E-state index in [1.807, 2.05) is 32.0 Å². The third-order valence-corrected chi connectivity index (χ3v) is 17.9. The van der Waals surface area contributed by atoms with Crippen LogP contribution >= 0.6 is 25.3 Å². The minimum absolute atomic E-state index is 0.0194. The second-order valence-corrected chi connectivity index (χ2v) is 26.6. The van der Waals surface area contributed by atoms with E-state index in [9.17, 15) is 54.0 Å². The van der Waals surface area contributed by atoms with Crippen LogP contribution in [-0.4, -0.2) is 200 Å². The van der Waals surface area contributed by atoms with Crippen molar-refractivity contribution in [3.05, 3.63) is 179 Å². The number of hydrogen-bond acceptors (Lipinski definition) is 19. The lowest BCUT2D eigenvalue weighted by Gasteiger charge is -2.29. The van der Waals surface area contributed by atoms with Crippen molar-refractivity contribution in [1.29, 1.82) is 0 Å². The Hall–Kier alpha value is -9.73. The first kappa shape index (κ1) is 84.2. The number of aliphatic hydroxyl groups excluding tert-OH is 3. The molecule has 20 N–H and O–H groups in total. The Labute approximate surface area is 620 Å². The summed E-state index contributed by atoms with van der Waals surface area (Å²) in [6, 6.07) is 23.2. The van der Waals surface area contributed by atoms with Gasteiger partial charge in [0.05, 0.1) is 24.9 Å². The van der Waals surface area contributed by atoms with Gasteiger partial charge in [-0.3, -0.25) is 47.9 Å². The van der Waals surface area contributed by atoms with Crippen LogP contribution in [-0.2, 0) is 91.4 Å².